The molecule has 1 aromatic carbocycles. The monoisotopic (exact) mass is 288 g/mol. The van der Waals surface area contributed by atoms with Crippen LogP contribution in [-0.2, 0) is 11.3 Å². The molecule has 0 bridgehead atoms. The number of amides is 1. The highest BCUT2D eigenvalue weighted by molar-refractivity contribution is 5.68. The van der Waals surface area contributed by atoms with Gasteiger partial charge < -0.3 is 4.74 Å². The van der Waals surface area contributed by atoms with Crippen molar-refractivity contribution in [3.63, 3.8) is 0 Å². The van der Waals surface area contributed by atoms with Gasteiger partial charge in [-0.05, 0) is 31.2 Å². The summed E-state index contributed by atoms with van der Waals surface area (Å²) < 4.78 is 5.52. The zero-order chi connectivity index (χ0) is 14.5. The lowest BCUT2D eigenvalue weighted by Gasteiger charge is -2.48. The Morgan fingerprint density at radius 1 is 1.10 bits per heavy atom. The Bertz CT molecular complexity index is 461. The van der Waals surface area contributed by atoms with Crippen LogP contribution in [0.25, 0.3) is 0 Å². The lowest BCUT2D eigenvalue weighted by molar-refractivity contribution is -0.0275. The maximum Gasteiger partial charge on any atom is 0.425 e. The van der Waals surface area contributed by atoms with Gasteiger partial charge in [-0.1, -0.05) is 49.6 Å². The van der Waals surface area contributed by atoms with Gasteiger partial charge in [0, 0.05) is 6.54 Å². The van der Waals surface area contributed by atoms with Gasteiger partial charge in [0.2, 0.25) is 0 Å². The highest BCUT2D eigenvalue weighted by atomic mass is 16.6. The fourth-order valence-electron chi connectivity index (χ4n) is 3.61. The molecule has 0 radical (unpaired) electrons. The summed E-state index contributed by atoms with van der Waals surface area (Å²) in [4.78, 5) is 12.5. The average molecular weight is 288 g/mol. The number of nitrogens with zero attached hydrogens (tertiary/aromatic N) is 1. The molecule has 1 aromatic rings. The molecule has 1 saturated heterocycles. The Hall–Kier alpha value is -1.55. The van der Waals surface area contributed by atoms with Crippen molar-refractivity contribution in [2.24, 2.45) is 0 Å². The minimum Gasteiger partial charge on any atom is -0.444 e. The number of ether oxygens (including phenoxy) is 1. The minimum absolute atomic E-state index is 0.00965. The Kier molecular flexibility index (Phi) is 4.44. The van der Waals surface area contributed by atoms with Crippen LogP contribution < -0.4 is 5.43 Å². The van der Waals surface area contributed by atoms with Gasteiger partial charge in [-0.25, -0.2) is 15.2 Å². The fraction of sp³-hybridized carbons (Fsp3) is 0.588. The van der Waals surface area contributed by atoms with Crippen molar-refractivity contribution in [1.82, 2.24) is 10.4 Å². The molecule has 2 aliphatic rings. The number of carbonyl (C=O) groups excluding carboxylic acids is 1. The van der Waals surface area contributed by atoms with Gasteiger partial charge in [-0.15, -0.1) is 0 Å². The Balaban J connectivity index is 1.64. The van der Waals surface area contributed by atoms with Crippen molar-refractivity contribution in [3.05, 3.63) is 35.9 Å². The molecular weight excluding hydrogens is 264 g/mol. The summed E-state index contributed by atoms with van der Waals surface area (Å²) in [6.45, 7) is 1.20. The summed E-state index contributed by atoms with van der Waals surface area (Å²) in [5, 5.41) is 1.80. The van der Waals surface area contributed by atoms with Gasteiger partial charge in [-0.3, -0.25) is 0 Å². The number of nitrogens with one attached hydrogen (secondary N) is 1. The normalized spacial score (nSPS) is 21.2. The van der Waals surface area contributed by atoms with Crippen molar-refractivity contribution in [2.75, 3.05) is 6.54 Å². The first-order valence-corrected chi connectivity index (χ1v) is 8.05. The third kappa shape index (κ3) is 3.21. The summed E-state index contributed by atoms with van der Waals surface area (Å²) in [5.74, 6) is 0. The van der Waals surface area contributed by atoms with Gasteiger partial charge in [0.05, 0.1) is 5.54 Å². The number of benzene rings is 1. The minimum atomic E-state index is -0.222. The van der Waals surface area contributed by atoms with E-state index in [0.717, 1.165) is 37.8 Å². The molecule has 1 aliphatic heterocycles. The van der Waals surface area contributed by atoms with Crippen LogP contribution in [0.15, 0.2) is 30.3 Å². The average Bonchev–Trinajstić information content (AvgIpc) is 2.55. The second-order valence-corrected chi connectivity index (χ2v) is 6.17. The van der Waals surface area contributed by atoms with E-state index in [4.69, 9.17) is 4.74 Å². The van der Waals surface area contributed by atoms with Gasteiger partial charge in [0.15, 0.2) is 0 Å². The zero-order valence-electron chi connectivity index (χ0n) is 12.5. The van der Waals surface area contributed by atoms with Crippen molar-refractivity contribution < 1.29 is 9.53 Å². The van der Waals surface area contributed by atoms with E-state index in [1.54, 1.807) is 5.01 Å². The standard InChI is InChI=1S/C17H24N2O2/c20-16(21-14-15-8-3-1-4-9-15)19-17(12-7-13-18-19)10-5-2-6-11-17/h1,3-4,8-9,18H,2,5-7,10-14H2. The molecule has 1 aliphatic carbocycles. The fourth-order valence-corrected chi connectivity index (χ4v) is 3.61. The number of hydrogen-bond acceptors (Lipinski definition) is 3. The number of carbonyl (C=O) groups is 1. The summed E-state index contributed by atoms with van der Waals surface area (Å²) in [7, 11) is 0. The van der Waals surface area contributed by atoms with Gasteiger partial charge in [-0.2, -0.15) is 0 Å². The van der Waals surface area contributed by atoms with E-state index in [-0.39, 0.29) is 11.6 Å². The van der Waals surface area contributed by atoms with Gasteiger partial charge in [0.1, 0.15) is 6.61 Å². The SMILES string of the molecule is O=C(OCc1ccccc1)N1NCCCC12CCCCC2. The summed E-state index contributed by atoms with van der Waals surface area (Å²) >= 11 is 0. The van der Waals surface area contributed by atoms with E-state index in [1.807, 2.05) is 30.3 Å². The van der Waals surface area contributed by atoms with E-state index in [0.29, 0.717) is 6.61 Å². The Labute approximate surface area is 126 Å². The highest BCUT2D eigenvalue weighted by Gasteiger charge is 2.43. The molecule has 0 atom stereocenters. The zero-order valence-corrected chi connectivity index (χ0v) is 12.5. The highest BCUT2D eigenvalue weighted by Crippen LogP contribution is 2.38. The molecule has 3 rings (SSSR count). The van der Waals surface area contributed by atoms with E-state index < -0.39 is 0 Å². The molecule has 2 fully saturated rings. The van der Waals surface area contributed by atoms with Crippen molar-refractivity contribution >= 4 is 6.09 Å². The second-order valence-electron chi connectivity index (χ2n) is 6.17. The van der Waals surface area contributed by atoms with Crippen LogP contribution in [0.5, 0.6) is 0 Å². The smallest absolute Gasteiger partial charge is 0.425 e. The topological polar surface area (TPSA) is 41.6 Å². The van der Waals surface area contributed by atoms with Crippen LogP contribution in [0.3, 0.4) is 0 Å². The maximum absolute atomic E-state index is 12.5. The molecule has 4 heteroatoms. The van der Waals surface area contributed by atoms with Crippen molar-refractivity contribution in [3.8, 4) is 0 Å². The molecule has 1 saturated carbocycles. The van der Waals surface area contributed by atoms with E-state index >= 15 is 0 Å². The molecule has 21 heavy (non-hydrogen) atoms. The third-order valence-electron chi connectivity index (χ3n) is 4.74. The van der Waals surface area contributed by atoms with E-state index in [9.17, 15) is 4.79 Å². The van der Waals surface area contributed by atoms with Crippen LogP contribution in [0.2, 0.25) is 0 Å². The lowest BCUT2D eigenvalue weighted by Crippen LogP contribution is -2.62. The largest absolute Gasteiger partial charge is 0.444 e. The Morgan fingerprint density at radius 3 is 2.57 bits per heavy atom. The van der Waals surface area contributed by atoms with Gasteiger partial charge >= 0.3 is 6.09 Å². The van der Waals surface area contributed by atoms with Crippen molar-refractivity contribution in [1.29, 1.82) is 0 Å². The summed E-state index contributed by atoms with van der Waals surface area (Å²) in [6.07, 6.45) is 7.92. The first kappa shape index (κ1) is 14.4. The second kappa shape index (κ2) is 6.48. The molecule has 4 nitrogen and oxygen atoms in total. The van der Waals surface area contributed by atoms with Crippen LogP contribution in [-0.4, -0.2) is 23.2 Å². The van der Waals surface area contributed by atoms with Crippen LogP contribution in [0.1, 0.15) is 50.5 Å². The first-order chi connectivity index (χ1) is 10.3. The Morgan fingerprint density at radius 2 is 1.81 bits per heavy atom. The number of hydrazine groups is 1. The number of rotatable bonds is 2. The predicted molar refractivity (Wildman–Crippen MR) is 81.5 cm³/mol. The molecule has 0 unspecified atom stereocenters. The van der Waals surface area contributed by atoms with E-state index in [2.05, 4.69) is 5.43 Å². The summed E-state index contributed by atoms with van der Waals surface area (Å²) in [5.41, 5.74) is 4.29. The molecule has 0 aromatic heterocycles. The molecule has 1 heterocycles. The third-order valence-corrected chi connectivity index (χ3v) is 4.74. The van der Waals surface area contributed by atoms with E-state index in [1.165, 1.54) is 19.3 Å². The molecule has 1 spiro atoms. The quantitative estimate of drug-likeness (QED) is 0.903. The number of hydrogen-bond donors (Lipinski definition) is 1. The van der Waals surface area contributed by atoms with Gasteiger partial charge in [0.25, 0.3) is 0 Å². The van der Waals surface area contributed by atoms with Crippen LogP contribution >= 0.6 is 0 Å². The molecule has 1 amide bonds. The molecule has 1 N–H and O–H groups in total. The van der Waals surface area contributed by atoms with Crippen molar-refractivity contribution in [2.45, 2.75) is 57.1 Å². The van der Waals surface area contributed by atoms with Crippen LogP contribution in [0.4, 0.5) is 4.79 Å². The van der Waals surface area contributed by atoms with Crippen LogP contribution in [0, 0.1) is 0 Å². The predicted octanol–water partition coefficient (Wildman–Crippen LogP) is 3.63. The summed E-state index contributed by atoms with van der Waals surface area (Å²) in [6, 6.07) is 9.85. The molecular formula is C17H24N2O2. The lowest BCUT2D eigenvalue weighted by atomic mass is 9.77. The maximum atomic E-state index is 12.5. The first-order valence-electron chi connectivity index (χ1n) is 8.05. The molecule has 114 valence electrons.